The lowest BCUT2D eigenvalue weighted by Gasteiger charge is -2.15. The van der Waals surface area contributed by atoms with Crippen LogP contribution < -0.4 is 0 Å². The molecule has 2 aromatic heterocycles. The van der Waals surface area contributed by atoms with Crippen LogP contribution in [-0.4, -0.2) is 9.13 Å². The van der Waals surface area contributed by atoms with E-state index in [2.05, 4.69) is 240 Å². The molecule has 0 fully saturated rings. The molecule has 0 unspecified atom stereocenters. The first kappa shape index (κ1) is 34.1. The predicted molar refractivity (Wildman–Crippen MR) is 254 cm³/mol. The molecular formula is C58H38N2. The van der Waals surface area contributed by atoms with Crippen molar-refractivity contribution in [2.45, 2.75) is 0 Å². The van der Waals surface area contributed by atoms with Crippen molar-refractivity contribution in [3.63, 3.8) is 0 Å². The number of aromatic nitrogens is 2. The van der Waals surface area contributed by atoms with Crippen molar-refractivity contribution in [2.24, 2.45) is 0 Å². The lowest BCUT2D eigenvalue weighted by Crippen LogP contribution is -1.97. The van der Waals surface area contributed by atoms with E-state index in [0.29, 0.717) is 0 Å². The molecule has 0 bridgehead atoms. The van der Waals surface area contributed by atoms with Gasteiger partial charge in [-0.3, -0.25) is 0 Å². The summed E-state index contributed by atoms with van der Waals surface area (Å²) in [4.78, 5) is 0. The molecule has 12 rings (SSSR count). The predicted octanol–water partition coefficient (Wildman–Crippen LogP) is 15.7. The van der Waals surface area contributed by atoms with Gasteiger partial charge >= 0.3 is 0 Å². The molecule has 0 aliphatic rings. The number of hydrogen-bond donors (Lipinski definition) is 0. The Balaban J connectivity index is 1.04. The number of rotatable bonds is 6. The van der Waals surface area contributed by atoms with Crippen molar-refractivity contribution in [1.29, 1.82) is 0 Å². The van der Waals surface area contributed by atoms with Gasteiger partial charge in [-0.25, -0.2) is 0 Å². The average molecular weight is 763 g/mol. The number of fused-ring (bicyclic) bond motifs is 7. The van der Waals surface area contributed by atoms with Gasteiger partial charge in [0.2, 0.25) is 0 Å². The second kappa shape index (κ2) is 13.9. The Labute approximate surface area is 348 Å². The molecule has 0 radical (unpaired) electrons. The quantitative estimate of drug-likeness (QED) is 0.160. The zero-order chi connectivity index (χ0) is 39.6. The molecule has 0 aliphatic heterocycles. The minimum atomic E-state index is 1.18. The molecule has 2 heteroatoms. The molecule has 0 saturated heterocycles. The van der Waals surface area contributed by atoms with Crippen molar-refractivity contribution >= 4 is 54.4 Å². The molecule has 0 N–H and O–H groups in total. The highest BCUT2D eigenvalue weighted by Crippen LogP contribution is 2.43. The Morgan fingerprint density at radius 2 is 0.617 bits per heavy atom. The third-order valence-electron chi connectivity index (χ3n) is 12.3. The lowest BCUT2D eigenvalue weighted by atomic mass is 9.90. The summed E-state index contributed by atoms with van der Waals surface area (Å²) in [6, 6.07) is 84.2. The van der Waals surface area contributed by atoms with Crippen LogP contribution in [0.3, 0.4) is 0 Å². The van der Waals surface area contributed by atoms with Crippen molar-refractivity contribution in [3.05, 3.63) is 231 Å². The first-order valence-electron chi connectivity index (χ1n) is 20.7. The molecule has 0 atom stereocenters. The van der Waals surface area contributed by atoms with E-state index in [1.807, 2.05) is 0 Å². The highest BCUT2D eigenvalue weighted by atomic mass is 15.0. The van der Waals surface area contributed by atoms with Gasteiger partial charge in [0.05, 0.1) is 33.4 Å². The van der Waals surface area contributed by atoms with Crippen LogP contribution >= 0.6 is 0 Å². The van der Waals surface area contributed by atoms with Gasteiger partial charge in [-0.15, -0.1) is 0 Å². The highest BCUT2D eigenvalue weighted by molar-refractivity contribution is 6.15. The van der Waals surface area contributed by atoms with E-state index in [-0.39, 0.29) is 0 Å². The van der Waals surface area contributed by atoms with Crippen molar-refractivity contribution in [3.8, 4) is 55.9 Å². The minimum Gasteiger partial charge on any atom is -0.309 e. The summed E-state index contributed by atoms with van der Waals surface area (Å²) in [5.41, 5.74) is 16.8. The van der Waals surface area contributed by atoms with Gasteiger partial charge < -0.3 is 9.13 Å². The van der Waals surface area contributed by atoms with E-state index in [4.69, 9.17) is 0 Å². The van der Waals surface area contributed by atoms with E-state index in [1.54, 1.807) is 0 Å². The maximum absolute atomic E-state index is 2.44. The van der Waals surface area contributed by atoms with Crippen molar-refractivity contribution in [1.82, 2.24) is 9.13 Å². The van der Waals surface area contributed by atoms with Gasteiger partial charge in [0.1, 0.15) is 0 Å². The SMILES string of the molecule is c1ccc(-c2ccccc2-n2c3ccccc3c3cc(-c4cccc5cccc(-c6ccc7c(c6)c6ccccc6n7-c6ccccc6-c6ccccc6)c45)ccc32)cc1. The maximum atomic E-state index is 2.44. The zero-order valence-electron chi connectivity index (χ0n) is 32.8. The van der Waals surface area contributed by atoms with E-state index >= 15 is 0 Å². The number of benzene rings is 10. The van der Waals surface area contributed by atoms with Gasteiger partial charge in [0.25, 0.3) is 0 Å². The zero-order valence-corrected chi connectivity index (χ0v) is 32.8. The highest BCUT2D eigenvalue weighted by Gasteiger charge is 2.20. The van der Waals surface area contributed by atoms with Gasteiger partial charge in [-0.1, -0.05) is 182 Å². The van der Waals surface area contributed by atoms with Gasteiger partial charge in [-0.2, -0.15) is 0 Å². The Kier molecular flexibility index (Phi) is 7.89. The summed E-state index contributed by atoms with van der Waals surface area (Å²) in [5, 5.41) is 7.45. The molecule has 0 aliphatic carbocycles. The number of nitrogens with zero attached hydrogens (tertiary/aromatic N) is 2. The van der Waals surface area contributed by atoms with Crippen LogP contribution in [0.1, 0.15) is 0 Å². The summed E-state index contributed by atoms with van der Waals surface area (Å²) >= 11 is 0. The summed E-state index contributed by atoms with van der Waals surface area (Å²) in [7, 11) is 0. The molecule has 0 amide bonds. The molecular weight excluding hydrogens is 725 g/mol. The Morgan fingerprint density at radius 1 is 0.233 bits per heavy atom. The fourth-order valence-electron chi connectivity index (χ4n) is 9.68. The number of para-hydroxylation sites is 4. The van der Waals surface area contributed by atoms with Crippen molar-refractivity contribution < 1.29 is 0 Å². The van der Waals surface area contributed by atoms with Gasteiger partial charge in [-0.05, 0) is 92.7 Å². The lowest BCUT2D eigenvalue weighted by molar-refractivity contribution is 1.18. The summed E-state index contributed by atoms with van der Waals surface area (Å²) < 4.78 is 4.88. The van der Waals surface area contributed by atoms with Crippen LogP contribution in [0.15, 0.2) is 231 Å². The van der Waals surface area contributed by atoms with Crippen LogP contribution in [0, 0.1) is 0 Å². The summed E-state index contributed by atoms with van der Waals surface area (Å²) in [5.74, 6) is 0. The second-order valence-corrected chi connectivity index (χ2v) is 15.6. The molecule has 10 aromatic carbocycles. The molecule has 280 valence electrons. The third kappa shape index (κ3) is 5.35. The Hall–Kier alpha value is -7.94. The minimum absolute atomic E-state index is 1.18. The van der Waals surface area contributed by atoms with E-state index in [0.717, 1.165) is 0 Å². The van der Waals surface area contributed by atoms with Crippen LogP contribution in [0.2, 0.25) is 0 Å². The molecule has 0 spiro atoms. The number of hydrogen-bond acceptors (Lipinski definition) is 0. The largest absolute Gasteiger partial charge is 0.309 e. The molecule has 0 saturated carbocycles. The molecule has 2 heterocycles. The topological polar surface area (TPSA) is 9.86 Å². The van der Waals surface area contributed by atoms with Crippen molar-refractivity contribution in [2.75, 3.05) is 0 Å². The van der Waals surface area contributed by atoms with Crippen LogP contribution in [0.25, 0.3) is 110 Å². The van der Waals surface area contributed by atoms with Crippen LogP contribution in [0.4, 0.5) is 0 Å². The first-order chi connectivity index (χ1) is 29.8. The summed E-state index contributed by atoms with van der Waals surface area (Å²) in [6.45, 7) is 0. The summed E-state index contributed by atoms with van der Waals surface area (Å²) in [6.07, 6.45) is 0. The van der Waals surface area contributed by atoms with Gasteiger partial charge in [0.15, 0.2) is 0 Å². The fourth-order valence-corrected chi connectivity index (χ4v) is 9.68. The third-order valence-corrected chi connectivity index (χ3v) is 12.3. The molecule has 60 heavy (non-hydrogen) atoms. The van der Waals surface area contributed by atoms with Crippen LogP contribution in [0.5, 0.6) is 0 Å². The molecule has 2 nitrogen and oxygen atoms in total. The molecule has 12 aromatic rings. The second-order valence-electron chi connectivity index (χ2n) is 15.6. The van der Waals surface area contributed by atoms with Crippen LogP contribution in [-0.2, 0) is 0 Å². The van der Waals surface area contributed by atoms with E-state index in [1.165, 1.54) is 110 Å². The average Bonchev–Trinajstić information content (AvgIpc) is 3.84. The Bertz CT molecular complexity index is 3350. The Morgan fingerprint density at radius 3 is 1.10 bits per heavy atom. The monoisotopic (exact) mass is 762 g/mol. The fraction of sp³-hybridized carbons (Fsp3) is 0. The smallest absolute Gasteiger partial charge is 0.0541 e. The normalized spacial score (nSPS) is 11.7. The standard InChI is InChI=1S/C58H38N2/c1-3-17-39(18-4-1)44-23-7-11-29-52(44)59-54-31-13-9-25-48(54)50-37-42(33-35-56(50)59)46-27-15-21-41-22-16-28-47(58(41)46)43-34-36-57-51(38-43)49-26-10-14-32-55(49)60(57)53-30-12-8-24-45(53)40-19-5-2-6-20-40/h1-38H. The van der Waals surface area contributed by atoms with Gasteiger partial charge in [0, 0.05) is 32.7 Å². The van der Waals surface area contributed by atoms with E-state index in [9.17, 15) is 0 Å². The van der Waals surface area contributed by atoms with E-state index < -0.39 is 0 Å². The first-order valence-corrected chi connectivity index (χ1v) is 20.7. The maximum Gasteiger partial charge on any atom is 0.0541 e.